The third-order valence-electron chi connectivity index (χ3n) is 3.32. The average molecular weight is 317 g/mol. The maximum atomic E-state index is 12.1. The van der Waals surface area contributed by atoms with E-state index in [4.69, 9.17) is 0 Å². The molecule has 2 unspecified atom stereocenters. The van der Waals surface area contributed by atoms with Crippen LogP contribution in [-0.2, 0) is 4.79 Å². The lowest BCUT2D eigenvalue weighted by molar-refractivity contribution is -0.117. The molecule has 1 aromatic heterocycles. The predicted octanol–water partition coefficient (Wildman–Crippen LogP) is 3.59. The van der Waals surface area contributed by atoms with Crippen LogP contribution in [0.25, 0.3) is 0 Å². The molecule has 19 heavy (non-hydrogen) atoms. The van der Waals surface area contributed by atoms with E-state index in [-0.39, 0.29) is 11.8 Å². The largest absolute Gasteiger partial charge is 0.310 e. The highest BCUT2D eigenvalue weighted by Crippen LogP contribution is 2.47. The van der Waals surface area contributed by atoms with Crippen molar-refractivity contribution in [3.05, 3.63) is 58.7 Å². The minimum Gasteiger partial charge on any atom is -0.310 e. The molecule has 96 valence electrons. The molecule has 0 aliphatic heterocycles. The lowest BCUT2D eigenvalue weighted by atomic mass is 10.1. The van der Waals surface area contributed by atoms with Gasteiger partial charge in [0.25, 0.3) is 0 Å². The van der Waals surface area contributed by atoms with E-state index in [0.29, 0.717) is 11.7 Å². The van der Waals surface area contributed by atoms with Crippen LogP contribution in [0.2, 0.25) is 0 Å². The smallest absolute Gasteiger partial charge is 0.229 e. The van der Waals surface area contributed by atoms with Gasteiger partial charge >= 0.3 is 0 Å². The zero-order valence-corrected chi connectivity index (χ0v) is 11.8. The highest BCUT2D eigenvalue weighted by Gasteiger charge is 2.43. The number of aromatic nitrogens is 1. The van der Waals surface area contributed by atoms with Crippen LogP contribution in [0.1, 0.15) is 17.9 Å². The van der Waals surface area contributed by atoms with Crippen LogP contribution in [0.15, 0.2) is 53.1 Å². The van der Waals surface area contributed by atoms with Gasteiger partial charge in [-0.25, -0.2) is 4.98 Å². The number of anilines is 1. The van der Waals surface area contributed by atoms with E-state index >= 15 is 0 Å². The van der Waals surface area contributed by atoms with Gasteiger partial charge in [-0.2, -0.15) is 0 Å². The van der Waals surface area contributed by atoms with Gasteiger partial charge in [-0.3, -0.25) is 4.79 Å². The van der Waals surface area contributed by atoms with Crippen molar-refractivity contribution in [3.8, 4) is 0 Å². The van der Waals surface area contributed by atoms with Crippen LogP contribution in [-0.4, -0.2) is 10.9 Å². The van der Waals surface area contributed by atoms with Crippen molar-refractivity contribution in [1.82, 2.24) is 4.98 Å². The van der Waals surface area contributed by atoms with Gasteiger partial charge < -0.3 is 5.32 Å². The molecule has 1 aromatic carbocycles. The molecule has 0 radical (unpaired) electrons. The molecular formula is C15H13BrN2O. The molecular weight excluding hydrogens is 304 g/mol. The lowest BCUT2D eigenvalue weighted by Crippen LogP contribution is -2.15. The third kappa shape index (κ3) is 2.84. The van der Waals surface area contributed by atoms with Gasteiger partial charge in [0.1, 0.15) is 10.4 Å². The van der Waals surface area contributed by atoms with E-state index in [9.17, 15) is 4.79 Å². The van der Waals surface area contributed by atoms with E-state index in [1.807, 2.05) is 30.3 Å². The fraction of sp³-hybridized carbons (Fsp3) is 0.200. The highest BCUT2D eigenvalue weighted by molar-refractivity contribution is 9.10. The molecule has 1 aliphatic carbocycles. The summed E-state index contributed by atoms with van der Waals surface area (Å²) in [6, 6.07) is 15.7. The van der Waals surface area contributed by atoms with E-state index in [1.54, 1.807) is 6.07 Å². The Morgan fingerprint density at radius 2 is 1.95 bits per heavy atom. The Morgan fingerprint density at radius 3 is 2.68 bits per heavy atom. The number of hydrogen-bond acceptors (Lipinski definition) is 2. The van der Waals surface area contributed by atoms with E-state index in [1.165, 1.54) is 5.56 Å². The average Bonchev–Trinajstić information content (AvgIpc) is 3.20. The fourth-order valence-corrected chi connectivity index (χ4v) is 2.59. The van der Waals surface area contributed by atoms with Gasteiger partial charge in [0.15, 0.2) is 0 Å². The summed E-state index contributed by atoms with van der Waals surface area (Å²) in [4.78, 5) is 16.3. The summed E-state index contributed by atoms with van der Waals surface area (Å²) in [5.74, 6) is 1.08. The Balaban J connectivity index is 1.64. The SMILES string of the molecule is O=C(Nc1cccc(Br)n1)C1CC1c1ccccc1. The summed E-state index contributed by atoms with van der Waals surface area (Å²) in [6.07, 6.45) is 0.920. The van der Waals surface area contributed by atoms with Crippen LogP contribution in [0.4, 0.5) is 5.82 Å². The summed E-state index contributed by atoms with van der Waals surface area (Å²) in [6.45, 7) is 0. The second kappa shape index (κ2) is 5.13. The Hall–Kier alpha value is -1.68. The van der Waals surface area contributed by atoms with Crippen LogP contribution in [0.3, 0.4) is 0 Å². The van der Waals surface area contributed by atoms with Crippen molar-refractivity contribution in [3.63, 3.8) is 0 Å². The van der Waals surface area contributed by atoms with Crippen molar-refractivity contribution in [2.45, 2.75) is 12.3 Å². The number of halogens is 1. The minimum absolute atomic E-state index is 0.0550. The number of nitrogens with zero attached hydrogens (tertiary/aromatic N) is 1. The molecule has 3 nitrogen and oxygen atoms in total. The third-order valence-corrected chi connectivity index (χ3v) is 3.76. The number of nitrogens with one attached hydrogen (secondary N) is 1. The number of pyridine rings is 1. The van der Waals surface area contributed by atoms with Crippen LogP contribution >= 0.6 is 15.9 Å². The number of carbonyl (C=O) groups excluding carboxylic acids is 1. The molecule has 0 bridgehead atoms. The van der Waals surface area contributed by atoms with Gasteiger partial charge in [0.2, 0.25) is 5.91 Å². The Morgan fingerprint density at radius 1 is 1.16 bits per heavy atom. The van der Waals surface area contributed by atoms with E-state index in [0.717, 1.165) is 11.0 Å². The molecule has 0 saturated heterocycles. The van der Waals surface area contributed by atoms with Crippen molar-refractivity contribution in [1.29, 1.82) is 0 Å². The zero-order valence-electron chi connectivity index (χ0n) is 10.2. The maximum Gasteiger partial charge on any atom is 0.229 e. The molecule has 1 N–H and O–H groups in total. The quantitative estimate of drug-likeness (QED) is 0.879. The summed E-state index contributed by atoms with van der Waals surface area (Å²) >= 11 is 3.29. The first-order chi connectivity index (χ1) is 9.24. The summed E-state index contributed by atoms with van der Waals surface area (Å²) < 4.78 is 0.723. The minimum atomic E-state index is 0.0550. The first-order valence-electron chi connectivity index (χ1n) is 6.22. The first-order valence-corrected chi connectivity index (χ1v) is 7.02. The fourth-order valence-electron chi connectivity index (χ4n) is 2.25. The second-order valence-electron chi connectivity index (χ2n) is 4.69. The second-order valence-corrected chi connectivity index (χ2v) is 5.51. The summed E-state index contributed by atoms with van der Waals surface area (Å²) in [5.41, 5.74) is 1.24. The summed E-state index contributed by atoms with van der Waals surface area (Å²) in [7, 11) is 0. The monoisotopic (exact) mass is 316 g/mol. The Bertz CT molecular complexity index is 600. The van der Waals surface area contributed by atoms with E-state index < -0.39 is 0 Å². The van der Waals surface area contributed by atoms with Gasteiger partial charge in [-0.1, -0.05) is 36.4 Å². The zero-order chi connectivity index (χ0) is 13.2. The van der Waals surface area contributed by atoms with Crippen LogP contribution in [0, 0.1) is 5.92 Å². The molecule has 2 aromatic rings. The molecule has 1 saturated carbocycles. The maximum absolute atomic E-state index is 12.1. The van der Waals surface area contributed by atoms with Crippen molar-refractivity contribution in [2.24, 2.45) is 5.92 Å². The molecule has 0 spiro atoms. The van der Waals surface area contributed by atoms with Gasteiger partial charge in [-0.05, 0) is 46.0 Å². The molecule has 2 atom stereocenters. The summed E-state index contributed by atoms with van der Waals surface area (Å²) in [5, 5.41) is 2.86. The van der Waals surface area contributed by atoms with Crippen LogP contribution in [0.5, 0.6) is 0 Å². The molecule has 1 fully saturated rings. The molecule has 3 rings (SSSR count). The topological polar surface area (TPSA) is 42.0 Å². The van der Waals surface area contributed by atoms with Gasteiger partial charge in [0, 0.05) is 5.92 Å². The number of amides is 1. The molecule has 4 heteroatoms. The molecule has 1 heterocycles. The standard InChI is InChI=1S/C15H13BrN2O/c16-13-7-4-8-14(17-13)18-15(19)12-9-11(12)10-5-2-1-3-6-10/h1-8,11-12H,9H2,(H,17,18,19). The lowest BCUT2D eigenvalue weighted by Gasteiger charge is -2.04. The first kappa shape index (κ1) is 12.4. The normalized spacial score (nSPS) is 20.9. The molecule has 1 aliphatic rings. The van der Waals surface area contributed by atoms with Crippen molar-refractivity contribution < 1.29 is 4.79 Å². The van der Waals surface area contributed by atoms with E-state index in [2.05, 4.69) is 38.4 Å². The Labute approximate surface area is 120 Å². The number of carbonyl (C=O) groups is 1. The van der Waals surface area contributed by atoms with Gasteiger partial charge in [-0.15, -0.1) is 0 Å². The van der Waals surface area contributed by atoms with Crippen LogP contribution < -0.4 is 5.32 Å². The Kier molecular flexibility index (Phi) is 3.34. The predicted molar refractivity (Wildman–Crippen MR) is 77.9 cm³/mol. The van der Waals surface area contributed by atoms with Gasteiger partial charge in [0.05, 0.1) is 0 Å². The number of benzene rings is 1. The number of rotatable bonds is 3. The highest BCUT2D eigenvalue weighted by atomic mass is 79.9. The molecule has 1 amide bonds. The van der Waals surface area contributed by atoms with Crippen molar-refractivity contribution >= 4 is 27.7 Å². The number of hydrogen-bond donors (Lipinski definition) is 1. The van der Waals surface area contributed by atoms with Crippen molar-refractivity contribution in [2.75, 3.05) is 5.32 Å².